The van der Waals surface area contributed by atoms with Crippen molar-refractivity contribution in [1.29, 1.82) is 0 Å². The van der Waals surface area contributed by atoms with Crippen molar-refractivity contribution >= 4 is 58.4 Å². The van der Waals surface area contributed by atoms with E-state index in [9.17, 15) is 4.39 Å². The summed E-state index contributed by atoms with van der Waals surface area (Å²) < 4.78 is 13.5. The fourth-order valence-electron chi connectivity index (χ4n) is 1.31. The molecule has 0 aliphatic carbocycles. The number of hydrogen-bond donors (Lipinski definition) is 1. The molecule has 0 aliphatic rings. The molecule has 8 heteroatoms. The molecule has 1 heterocycles. The minimum atomic E-state index is -0.490. The molecule has 0 saturated carbocycles. The van der Waals surface area contributed by atoms with E-state index in [0.29, 0.717) is 0 Å². The molecule has 1 aromatic carbocycles. The summed E-state index contributed by atoms with van der Waals surface area (Å²) in [6, 6.07) is 5.75. The van der Waals surface area contributed by atoms with Crippen molar-refractivity contribution in [2.45, 2.75) is 0 Å². The predicted molar refractivity (Wildman–Crippen MR) is 81.9 cm³/mol. The quantitative estimate of drug-likeness (QED) is 0.463. The van der Waals surface area contributed by atoms with Crippen LogP contribution in [0.1, 0.15) is 5.56 Å². The van der Waals surface area contributed by atoms with Crippen molar-refractivity contribution in [3.05, 3.63) is 55.9 Å². The third kappa shape index (κ3) is 3.52. The van der Waals surface area contributed by atoms with Gasteiger partial charge >= 0.3 is 0 Å². The molecule has 1 N–H and O–H groups in total. The topological polar surface area (TPSA) is 37.3 Å². The first-order chi connectivity index (χ1) is 9.49. The maximum absolute atomic E-state index is 13.5. The molecule has 0 bridgehead atoms. The second-order valence-corrected chi connectivity index (χ2v) is 5.18. The van der Waals surface area contributed by atoms with Crippen LogP contribution in [0.3, 0.4) is 0 Å². The molecule has 0 unspecified atom stereocenters. The highest BCUT2D eigenvalue weighted by Crippen LogP contribution is 2.28. The SMILES string of the molecule is Fc1cccc(Cl)c1C=NNc1nc(Cl)c(Cl)cc1Cl. The van der Waals surface area contributed by atoms with Gasteiger partial charge in [0.1, 0.15) is 11.0 Å². The second kappa shape index (κ2) is 6.59. The highest BCUT2D eigenvalue weighted by Gasteiger charge is 2.07. The van der Waals surface area contributed by atoms with Crippen LogP contribution in [0, 0.1) is 5.82 Å². The van der Waals surface area contributed by atoms with E-state index in [1.54, 1.807) is 6.07 Å². The number of nitrogens with one attached hydrogen (secondary N) is 1. The maximum Gasteiger partial charge on any atom is 0.166 e. The number of hydrazone groups is 1. The van der Waals surface area contributed by atoms with Gasteiger partial charge in [0.2, 0.25) is 0 Å². The fourth-order valence-corrected chi connectivity index (χ4v) is 2.07. The molecule has 0 saturated heterocycles. The van der Waals surface area contributed by atoms with Crippen LogP contribution in [-0.4, -0.2) is 11.2 Å². The lowest BCUT2D eigenvalue weighted by atomic mass is 10.2. The zero-order chi connectivity index (χ0) is 14.7. The van der Waals surface area contributed by atoms with Crippen LogP contribution < -0.4 is 5.43 Å². The van der Waals surface area contributed by atoms with Crippen LogP contribution in [0.4, 0.5) is 10.2 Å². The number of hydrogen-bond acceptors (Lipinski definition) is 3. The Morgan fingerprint density at radius 2 is 1.85 bits per heavy atom. The lowest BCUT2D eigenvalue weighted by Gasteiger charge is -2.04. The number of aromatic nitrogens is 1. The summed E-state index contributed by atoms with van der Waals surface area (Å²) in [5.41, 5.74) is 2.69. The van der Waals surface area contributed by atoms with Crippen molar-refractivity contribution in [3.63, 3.8) is 0 Å². The van der Waals surface area contributed by atoms with E-state index in [1.165, 1.54) is 24.4 Å². The van der Waals surface area contributed by atoms with Gasteiger partial charge in [-0.2, -0.15) is 5.10 Å². The molecule has 0 aliphatic heterocycles. The molecule has 1 aromatic heterocycles. The zero-order valence-corrected chi connectivity index (χ0v) is 12.7. The van der Waals surface area contributed by atoms with Gasteiger partial charge in [0.15, 0.2) is 5.82 Å². The van der Waals surface area contributed by atoms with Gasteiger partial charge in [0, 0.05) is 5.56 Å². The lowest BCUT2D eigenvalue weighted by Crippen LogP contribution is -1.97. The monoisotopic (exact) mass is 351 g/mol. The third-order valence-electron chi connectivity index (χ3n) is 2.25. The standard InChI is InChI=1S/C12H6Cl4FN3/c13-7-2-1-3-10(17)6(7)5-18-20-12-9(15)4-8(14)11(16)19-12/h1-5H,(H,19,20). The molecule has 104 valence electrons. The van der Waals surface area contributed by atoms with Gasteiger partial charge in [0.25, 0.3) is 0 Å². The van der Waals surface area contributed by atoms with Gasteiger partial charge < -0.3 is 0 Å². The van der Waals surface area contributed by atoms with Crippen molar-refractivity contribution in [2.75, 3.05) is 5.43 Å². The second-order valence-electron chi connectivity index (χ2n) is 3.60. The van der Waals surface area contributed by atoms with E-state index < -0.39 is 5.82 Å². The Morgan fingerprint density at radius 1 is 1.10 bits per heavy atom. The fraction of sp³-hybridized carbons (Fsp3) is 0. The Kier molecular flexibility index (Phi) is 5.05. The molecule has 20 heavy (non-hydrogen) atoms. The molecule has 2 aromatic rings. The Hall–Kier alpha value is -1.07. The highest BCUT2D eigenvalue weighted by molar-refractivity contribution is 6.42. The minimum absolute atomic E-state index is 0.0812. The number of pyridine rings is 1. The molecule has 3 nitrogen and oxygen atoms in total. The van der Waals surface area contributed by atoms with Crippen LogP contribution >= 0.6 is 46.4 Å². The van der Waals surface area contributed by atoms with Gasteiger partial charge in [-0.25, -0.2) is 9.37 Å². The number of anilines is 1. The normalized spacial score (nSPS) is 11.1. The summed E-state index contributed by atoms with van der Waals surface area (Å²) in [5, 5.41) is 4.60. The van der Waals surface area contributed by atoms with E-state index in [-0.39, 0.29) is 31.6 Å². The first kappa shape index (κ1) is 15.3. The number of nitrogens with zero attached hydrogens (tertiary/aromatic N) is 2. The van der Waals surface area contributed by atoms with E-state index in [2.05, 4.69) is 15.5 Å². The Labute approximate surface area is 134 Å². The van der Waals surface area contributed by atoms with Gasteiger partial charge in [-0.05, 0) is 18.2 Å². The van der Waals surface area contributed by atoms with Gasteiger partial charge in [0.05, 0.1) is 21.3 Å². The van der Waals surface area contributed by atoms with Crippen LogP contribution in [0.2, 0.25) is 20.2 Å². The smallest absolute Gasteiger partial charge is 0.166 e. The molecular formula is C12H6Cl4FN3. The van der Waals surface area contributed by atoms with Crippen LogP contribution in [0.25, 0.3) is 0 Å². The van der Waals surface area contributed by atoms with Crippen LogP contribution in [0.5, 0.6) is 0 Å². The first-order valence-electron chi connectivity index (χ1n) is 5.23. The molecule has 0 spiro atoms. The van der Waals surface area contributed by atoms with E-state index in [1.807, 2.05) is 0 Å². The number of rotatable bonds is 3. The summed E-state index contributed by atoms with van der Waals surface area (Å²) in [6.45, 7) is 0. The molecule has 0 radical (unpaired) electrons. The largest absolute Gasteiger partial charge is 0.260 e. The average molecular weight is 353 g/mol. The van der Waals surface area contributed by atoms with Crippen molar-refractivity contribution in [2.24, 2.45) is 5.10 Å². The van der Waals surface area contributed by atoms with Crippen molar-refractivity contribution < 1.29 is 4.39 Å². The van der Waals surface area contributed by atoms with E-state index in [0.717, 1.165) is 0 Å². The average Bonchev–Trinajstić information content (AvgIpc) is 2.39. The van der Waals surface area contributed by atoms with Gasteiger partial charge in [-0.15, -0.1) is 0 Å². The summed E-state index contributed by atoms with van der Waals surface area (Å²) in [4.78, 5) is 3.90. The Balaban J connectivity index is 2.21. The molecular weight excluding hydrogens is 347 g/mol. The molecule has 0 amide bonds. The molecule has 0 fully saturated rings. The number of halogens is 5. The summed E-state index contributed by atoms with van der Waals surface area (Å²) in [6.07, 6.45) is 1.22. The number of benzene rings is 1. The van der Waals surface area contributed by atoms with Crippen LogP contribution in [0.15, 0.2) is 29.4 Å². The lowest BCUT2D eigenvalue weighted by molar-refractivity contribution is 0.626. The third-order valence-corrected chi connectivity index (χ3v) is 3.54. The molecule has 0 atom stereocenters. The van der Waals surface area contributed by atoms with E-state index in [4.69, 9.17) is 46.4 Å². The van der Waals surface area contributed by atoms with Gasteiger partial charge in [-0.1, -0.05) is 52.5 Å². The summed E-state index contributed by atoms with van der Waals surface area (Å²) in [5.74, 6) is -0.291. The Morgan fingerprint density at radius 3 is 2.55 bits per heavy atom. The summed E-state index contributed by atoms with van der Waals surface area (Å²) in [7, 11) is 0. The van der Waals surface area contributed by atoms with Gasteiger partial charge in [-0.3, -0.25) is 5.43 Å². The maximum atomic E-state index is 13.5. The first-order valence-corrected chi connectivity index (χ1v) is 6.75. The molecule has 2 rings (SSSR count). The predicted octanol–water partition coefficient (Wildman–Crippen LogP) is 5.28. The summed E-state index contributed by atoms with van der Waals surface area (Å²) >= 11 is 23.3. The Bertz CT molecular complexity index is 656. The zero-order valence-electron chi connectivity index (χ0n) is 9.67. The van der Waals surface area contributed by atoms with Crippen molar-refractivity contribution in [3.8, 4) is 0 Å². The highest BCUT2D eigenvalue weighted by atomic mass is 35.5. The van der Waals surface area contributed by atoms with Crippen LogP contribution in [-0.2, 0) is 0 Å². The minimum Gasteiger partial charge on any atom is -0.260 e. The van der Waals surface area contributed by atoms with Crippen molar-refractivity contribution in [1.82, 2.24) is 4.98 Å². The van der Waals surface area contributed by atoms with E-state index >= 15 is 0 Å².